The van der Waals surface area contributed by atoms with Gasteiger partial charge in [0, 0.05) is 6.54 Å². The highest BCUT2D eigenvalue weighted by Gasteiger charge is 2.18. The molecular formula is C15H22BrNO. The summed E-state index contributed by atoms with van der Waals surface area (Å²) in [7, 11) is 0. The van der Waals surface area contributed by atoms with E-state index in [9.17, 15) is 4.79 Å². The first kappa shape index (κ1) is 15.2. The quantitative estimate of drug-likeness (QED) is 0.797. The van der Waals surface area contributed by atoms with Crippen LogP contribution < -0.4 is 5.32 Å². The van der Waals surface area contributed by atoms with Crippen LogP contribution in [0.25, 0.3) is 0 Å². The van der Waals surface area contributed by atoms with Gasteiger partial charge in [0.15, 0.2) is 0 Å². The summed E-state index contributed by atoms with van der Waals surface area (Å²) >= 11 is 3.41. The number of amides is 1. The summed E-state index contributed by atoms with van der Waals surface area (Å²) < 4.78 is 0. The number of carbonyl (C=O) groups excluding carboxylic acids is 1. The molecular weight excluding hydrogens is 290 g/mol. The highest BCUT2D eigenvalue weighted by molar-refractivity contribution is 9.10. The van der Waals surface area contributed by atoms with E-state index < -0.39 is 0 Å². The lowest BCUT2D eigenvalue weighted by Gasteiger charge is -2.16. The third kappa shape index (κ3) is 4.81. The highest BCUT2D eigenvalue weighted by atomic mass is 79.9. The zero-order valence-electron chi connectivity index (χ0n) is 11.3. The van der Waals surface area contributed by atoms with Gasteiger partial charge in [0.2, 0.25) is 5.91 Å². The Kier molecular flexibility index (Phi) is 6.41. The first-order chi connectivity index (χ1) is 8.52. The minimum Gasteiger partial charge on any atom is -0.355 e. The Morgan fingerprint density at radius 1 is 1.22 bits per heavy atom. The predicted octanol–water partition coefficient (Wildman–Crippen LogP) is 3.72. The van der Waals surface area contributed by atoms with Gasteiger partial charge in [-0.2, -0.15) is 0 Å². The number of alkyl halides is 1. The van der Waals surface area contributed by atoms with Crippen molar-refractivity contribution in [3.63, 3.8) is 0 Å². The van der Waals surface area contributed by atoms with Crippen LogP contribution in [0.1, 0.15) is 38.7 Å². The van der Waals surface area contributed by atoms with Gasteiger partial charge in [0.05, 0.1) is 4.83 Å². The molecule has 1 aromatic rings. The maximum Gasteiger partial charge on any atom is 0.234 e. The molecule has 2 unspecified atom stereocenters. The minimum atomic E-state index is -0.0930. The number of benzene rings is 1. The molecule has 0 heterocycles. The van der Waals surface area contributed by atoms with Gasteiger partial charge in [-0.05, 0) is 23.8 Å². The van der Waals surface area contributed by atoms with Crippen LogP contribution in [0.4, 0.5) is 0 Å². The SMILES string of the molecule is CC(CCNC(=O)C(Br)C(C)C)c1ccccc1. The molecule has 0 aromatic heterocycles. The molecule has 0 aliphatic heterocycles. The second kappa shape index (κ2) is 7.57. The molecule has 0 saturated heterocycles. The standard InChI is InChI=1S/C15H22BrNO/c1-11(2)14(16)15(18)17-10-9-12(3)13-7-5-4-6-8-13/h4-8,11-12,14H,9-10H2,1-3H3,(H,17,18). The summed E-state index contributed by atoms with van der Waals surface area (Å²) in [6, 6.07) is 10.4. The van der Waals surface area contributed by atoms with E-state index in [1.54, 1.807) is 0 Å². The Balaban J connectivity index is 2.32. The van der Waals surface area contributed by atoms with Crippen LogP contribution in [0.15, 0.2) is 30.3 Å². The molecule has 1 N–H and O–H groups in total. The van der Waals surface area contributed by atoms with E-state index in [1.165, 1.54) is 5.56 Å². The van der Waals surface area contributed by atoms with E-state index in [4.69, 9.17) is 0 Å². The second-order valence-electron chi connectivity index (χ2n) is 5.04. The van der Waals surface area contributed by atoms with Crippen LogP contribution in [-0.4, -0.2) is 17.3 Å². The van der Waals surface area contributed by atoms with Crippen molar-refractivity contribution in [2.24, 2.45) is 5.92 Å². The van der Waals surface area contributed by atoms with Crippen molar-refractivity contribution in [2.45, 2.75) is 37.9 Å². The van der Waals surface area contributed by atoms with E-state index in [0.29, 0.717) is 11.8 Å². The van der Waals surface area contributed by atoms with Crippen molar-refractivity contribution in [1.29, 1.82) is 0 Å². The first-order valence-electron chi connectivity index (χ1n) is 6.49. The molecule has 0 spiro atoms. The summed E-state index contributed by atoms with van der Waals surface area (Å²) in [5.41, 5.74) is 1.33. The molecule has 1 aromatic carbocycles. The maximum atomic E-state index is 11.7. The normalized spacial score (nSPS) is 14.3. The van der Waals surface area contributed by atoms with Crippen LogP contribution in [0.3, 0.4) is 0 Å². The van der Waals surface area contributed by atoms with E-state index in [2.05, 4.69) is 52.4 Å². The molecule has 18 heavy (non-hydrogen) atoms. The Morgan fingerprint density at radius 3 is 2.39 bits per heavy atom. The lowest BCUT2D eigenvalue weighted by Crippen LogP contribution is -2.34. The van der Waals surface area contributed by atoms with Gasteiger partial charge in [-0.1, -0.05) is 67.0 Å². The van der Waals surface area contributed by atoms with Crippen molar-refractivity contribution in [1.82, 2.24) is 5.32 Å². The van der Waals surface area contributed by atoms with Crippen molar-refractivity contribution in [2.75, 3.05) is 6.54 Å². The predicted molar refractivity (Wildman–Crippen MR) is 80.0 cm³/mol. The molecule has 0 fully saturated rings. The second-order valence-corrected chi connectivity index (χ2v) is 6.02. The monoisotopic (exact) mass is 311 g/mol. The van der Waals surface area contributed by atoms with Crippen LogP contribution in [0.2, 0.25) is 0 Å². The smallest absolute Gasteiger partial charge is 0.234 e. The molecule has 2 nitrogen and oxygen atoms in total. The molecule has 0 saturated carbocycles. The van der Waals surface area contributed by atoms with E-state index >= 15 is 0 Å². The van der Waals surface area contributed by atoms with Gasteiger partial charge in [0.25, 0.3) is 0 Å². The summed E-state index contributed by atoms with van der Waals surface area (Å²) in [4.78, 5) is 11.7. The zero-order valence-corrected chi connectivity index (χ0v) is 12.9. The molecule has 2 atom stereocenters. The molecule has 0 bridgehead atoms. The first-order valence-corrected chi connectivity index (χ1v) is 7.40. The topological polar surface area (TPSA) is 29.1 Å². The van der Waals surface area contributed by atoms with Crippen molar-refractivity contribution in [3.8, 4) is 0 Å². The number of halogens is 1. The molecule has 1 amide bonds. The average molecular weight is 312 g/mol. The lowest BCUT2D eigenvalue weighted by molar-refractivity contribution is -0.121. The molecule has 0 radical (unpaired) electrons. The van der Waals surface area contributed by atoms with E-state index in [0.717, 1.165) is 13.0 Å². The van der Waals surface area contributed by atoms with Gasteiger partial charge >= 0.3 is 0 Å². The summed E-state index contributed by atoms with van der Waals surface area (Å²) in [6.45, 7) is 6.98. The number of rotatable bonds is 6. The average Bonchev–Trinajstić information content (AvgIpc) is 2.38. The molecule has 3 heteroatoms. The number of hydrogen-bond donors (Lipinski definition) is 1. The lowest BCUT2D eigenvalue weighted by atomic mass is 9.98. The third-order valence-electron chi connectivity index (χ3n) is 3.08. The van der Waals surface area contributed by atoms with Gasteiger partial charge in [-0.3, -0.25) is 4.79 Å². The van der Waals surface area contributed by atoms with Crippen molar-refractivity contribution >= 4 is 21.8 Å². The van der Waals surface area contributed by atoms with Crippen LogP contribution in [0.5, 0.6) is 0 Å². The zero-order chi connectivity index (χ0) is 13.5. The fraction of sp³-hybridized carbons (Fsp3) is 0.533. The third-order valence-corrected chi connectivity index (χ3v) is 4.55. The Hall–Kier alpha value is -0.830. The molecule has 0 aliphatic rings. The minimum absolute atomic E-state index is 0.0882. The van der Waals surface area contributed by atoms with Crippen LogP contribution in [-0.2, 0) is 4.79 Å². The number of carbonyl (C=O) groups is 1. The van der Waals surface area contributed by atoms with Crippen molar-refractivity contribution < 1.29 is 4.79 Å². The van der Waals surface area contributed by atoms with Crippen LogP contribution in [0, 0.1) is 5.92 Å². The Labute approximate surface area is 118 Å². The van der Waals surface area contributed by atoms with Gasteiger partial charge in [-0.15, -0.1) is 0 Å². The van der Waals surface area contributed by atoms with E-state index in [-0.39, 0.29) is 10.7 Å². The fourth-order valence-electron chi connectivity index (χ4n) is 1.76. The molecule has 100 valence electrons. The van der Waals surface area contributed by atoms with Gasteiger partial charge in [0.1, 0.15) is 0 Å². The summed E-state index contributed by atoms with van der Waals surface area (Å²) in [6.07, 6.45) is 0.966. The Morgan fingerprint density at radius 2 is 1.83 bits per heavy atom. The summed E-state index contributed by atoms with van der Waals surface area (Å²) in [5, 5.41) is 2.98. The fourth-order valence-corrected chi connectivity index (χ4v) is 1.92. The van der Waals surface area contributed by atoms with Crippen molar-refractivity contribution in [3.05, 3.63) is 35.9 Å². The van der Waals surface area contributed by atoms with E-state index in [1.807, 2.05) is 19.9 Å². The number of hydrogen-bond acceptors (Lipinski definition) is 1. The largest absolute Gasteiger partial charge is 0.355 e. The highest BCUT2D eigenvalue weighted by Crippen LogP contribution is 2.18. The molecule has 1 rings (SSSR count). The Bertz CT molecular complexity index is 364. The van der Waals surface area contributed by atoms with Gasteiger partial charge in [-0.25, -0.2) is 0 Å². The maximum absolute atomic E-state index is 11.7. The van der Waals surface area contributed by atoms with Gasteiger partial charge < -0.3 is 5.32 Å². The summed E-state index contributed by atoms with van der Waals surface area (Å²) in [5.74, 6) is 0.876. The number of nitrogens with one attached hydrogen (secondary N) is 1. The van der Waals surface area contributed by atoms with Crippen LogP contribution >= 0.6 is 15.9 Å². The molecule has 0 aliphatic carbocycles.